The molecule has 5 nitrogen and oxygen atoms in total. The van der Waals surface area contributed by atoms with Gasteiger partial charge in [-0.2, -0.15) is 0 Å². The SMILES string of the molecule is CNC(=O)COc1ccc2ccc(-c3cnc4c(c3)CCN4C)cc2c1. The van der Waals surface area contributed by atoms with Crippen molar-refractivity contribution in [1.29, 1.82) is 0 Å². The third kappa shape index (κ3) is 3.08. The number of rotatable bonds is 4. The molecule has 0 radical (unpaired) electrons. The molecule has 2 heterocycles. The second kappa shape index (κ2) is 6.67. The van der Waals surface area contributed by atoms with Gasteiger partial charge in [-0.3, -0.25) is 4.79 Å². The lowest BCUT2D eigenvalue weighted by molar-refractivity contribution is -0.122. The molecule has 26 heavy (non-hydrogen) atoms. The maximum Gasteiger partial charge on any atom is 0.257 e. The van der Waals surface area contributed by atoms with Crippen molar-refractivity contribution in [1.82, 2.24) is 10.3 Å². The van der Waals surface area contributed by atoms with E-state index >= 15 is 0 Å². The van der Waals surface area contributed by atoms with E-state index in [1.165, 1.54) is 5.56 Å². The van der Waals surface area contributed by atoms with E-state index in [0.29, 0.717) is 5.75 Å². The van der Waals surface area contributed by atoms with Crippen LogP contribution in [0.1, 0.15) is 5.56 Å². The molecule has 4 rings (SSSR count). The van der Waals surface area contributed by atoms with Gasteiger partial charge in [0.15, 0.2) is 6.61 Å². The first kappa shape index (κ1) is 16.4. The highest BCUT2D eigenvalue weighted by Crippen LogP contribution is 2.31. The van der Waals surface area contributed by atoms with Crippen LogP contribution in [0.4, 0.5) is 5.82 Å². The van der Waals surface area contributed by atoms with E-state index in [0.717, 1.165) is 40.7 Å². The number of hydrogen-bond donors (Lipinski definition) is 1. The topological polar surface area (TPSA) is 54.5 Å². The molecule has 0 fully saturated rings. The number of aromatic nitrogens is 1. The van der Waals surface area contributed by atoms with Crippen molar-refractivity contribution in [2.45, 2.75) is 6.42 Å². The van der Waals surface area contributed by atoms with Gasteiger partial charge in [-0.15, -0.1) is 0 Å². The number of nitrogens with one attached hydrogen (secondary N) is 1. The van der Waals surface area contributed by atoms with E-state index in [-0.39, 0.29) is 12.5 Å². The molecule has 1 amide bonds. The van der Waals surface area contributed by atoms with Crippen molar-refractivity contribution in [3.63, 3.8) is 0 Å². The average Bonchev–Trinajstić information content (AvgIpc) is 3.05. The monoisotopic (exact) mass is 347 g/mol. The highest BCUT2D eigenvalue weighted by molar-refractivity contribution is 5.88. The molecule has 0 bridgehead atoms. The third-order valence-electron chi connectivity index (χ3n) is 4.81. The van der Waals surface area contributed by atoms with E-state index in [2.05, 4.69) is 46.5 Å². The molecule has 1 aliphatic heterocycles. The molecule has 1 aliphatic rings. The number of carbonyl (C=O) groups excluding carboxylic acids is 1. The van der Waals surface area contributed by atoms with E-state index in [4.69, 9.17) is 4.74 Å². The summed E-state index contributed by atoms with van der Waals surface area (Å²) in [6, 6.07) is 14.5. The van der Waals surface area contributed by atoms with Crippen molar-refractivity contribution in [3.05, 3.63) is 54.2 Å². The standard InChI is InChI=1S/C21H21N3O2/c1-22-20(25)13-26-19-6-5-14-3-4-15(9-17(14)11-19)18-10-16-7-8-24(2)21(16)23-12-18/h3-6,9-12H,7-8,13H2,1-2H3,(H,22,25). The first-order valence-electron chi connectivity index (χ1n) is 8.71. The summed E-state index contributed by atoms with van der Waals surface area (Å²) < 4.78 is 5.55. The third-order valence-corrected chi connectivity index (χ3v) is 4.81. The summed E-state index contributed by atoms with van der Waals surface area (Å²) in [5.74, 6) is 1.62. The van der Waals surface area contributed by atoms with Crippen LogP contribution in [0.5, 0.6) is 5.75 Å². The molecule has 0 atom stereocenters. The Morgan fingerprint density at radius 3 is 2.85 bits per heavy atom. The van der Waals surface area contributed by atoms with Crippen LogP contribution in [-0.2, 0) is 11.2 Å². The van der Waals surface area contributed by atoms with Crippen LogP contribution in [-0.4, -0.2) is 38.1 Å². The Labute approximate surface area is 152 Å². The average molecular weight is 347 g/mol. The van der Waals surface area contributed by atoms with E-state index in [1.807, 2.05) is 24.4 Å². The lowest BCUT2D eigenvalue weighted by atomic mass is 10.0. The molecular weight excluding hydrogens is 326 g/mol. The van der Waals surface area contributed by atoms with Gasteiger partial charge in [0, 0.05) is 32.4 Å². The Morgan fingerprint density at radius 1 is 1.15 bits per heavy atom. The number of carbonyl (C=O) groups is 1. The molecule has 5 heteroatoms. The zero-order valence-corrected chi connectivity index (χ0v) is 15.0. The summed E-state index contributed by atoms with van der Waals surface area (Å²) in [6.45, 7) is 1.04. The number of ether oxygens (including phenoxy) is 1. The van der Waals surface area contributed by atoms with Gasteiger partial charge in [-0.05, 0) is 52.6 Å². The van der Waals surface area contributed by atoms with Gasteiger partial charge < -0.3 is 15.0 Å². The van der Waals surface area contributed by atoms with Crippen molar-refractivity contribution >= 4 is 22.5 Å². The van der Waals surface area contributed by atoms with Crippen LogP contribution < -0.4 is 15.0 Å². The molecule has 0 spiro atoms. The summed E-state index contributed by atoms with van der Waals surface area (Å²) in [4.78, 5) is 18.2. The fourth-order valence-electron chi connectivity index (χ4n) is 3.30. The van der Waals surface area contributed by atoms with Gasteiger partial charge in [0.05, 0.1) is 0 Å². The molecule has 0 saturated carbocycles. The van der Waals surface area contributed by atoms with E-state index in [1.54, 1.807) is 7.05 Å². The molecule has 0 aliphatic carbocycles. The van der Waals surface area contributed by atoms with Crippen LogP contribution >= 0.6 is 0 Å². The second-order valence-electron chi connectivity index (χ2n) is 6.56. The Balaban J connectivity index is 1.65. The number of fused-ring (bicyclic) bond motifs is 2. The fourth-order valence-corrected chi connectivity index (χ4v) is 3.30. The van der Waals surface area contributed by atoms with Gasteiger partial charge in [0.1, 0.15) is 11.6 Å². The summed E-state index contributed by atoms with van der Waals surface area (Å²) in [5.41, 5.74) is 3.55. The Hall–Kier alpha value is -3.08. The molecule has 3 aromatic rings. The largest absolute Gasteiger partial charge is 0.484 e. The number of hydrogen-bond acceptors (Lipinski definition) is 4. The lowest BCUT2D eigenvalue weighted by Crippen LogP contribution is -2.24. The minimum Gasteiger partial charge on any atom is -0.484 e. The molecule has 0 saturated heterocycles. The summed E-state index contributed by atoms with van der Waals surface area (Å²) in [7, 11) is 3.68. The zero-order valence-electron chi connectivity index (χ0n) is 15.0. The van der Waals surface area contributed by atoms with E-state index in [9.17, 15) is 4.79 Å². The van der Waals surface area contributed by atoms with Crippen LogP contribution in [0, 0.1) is 0 Å². The Bertz CT molecular complexity index is 984. The molecule has 2 aromatic carbocycles. The highest BCUT2D eigenvalue weighted by atomic mass is 16.5. The minimum absolute atomic E-state index is 0.0178. The Morgan fingerprint density at radius 2 is 2.00 bits per heavy atom. The number of pyridine rings is 1. The summed E-state index contributed by atoms with van der Waals surface area (Å²) in [6.07, 6.45) is 2.98. The van der Waals surface area contributed by atoms with Gasteiger partial charge in [-0.1, -0.05) is 18.2 Å². The predicted molar refractivity (Wildman–Crippen MR) is 104 cm³/mol. The van der Waals surface area contributed by atoms with Gasteiger partial charge in [0.25, 0.3) is 5.91 Å². The van der Waals surface area contributed by atoms with Crippen molar-refractivity contribution in [2.24, 2.45) is 0 Å². The van der Waals surface area contributed by atoms with Gasteiger partial charge in [-0.25, -0.2) is 4.98 Å². The number of likely N-dealkylation sites (N-methyl/N-ethyl adjacent to an activating group) is 2. The molecule has 1 N–H and O–H groups in total. The van der Waals surface area contributed by atoms with Crippen LogP contribution in [0.2, 0.25) is 0 Å². The number of anilines is 1. The van der Waals surface area contributed by atoms with Gasteiger partial charge >= 0.3 is 0 Å². The number of nitrogens with zero attached hydrogens (tertiary/aromatic N) is 2. The normalized spacial score (nSPS) is 12.9. The molecule has 1 aromatic heterocycles. The molecule has 0 unspecified atom stereocenters. The maximum absolute atomic E-state index is 11.4. The minimum atomic E-state index is -0.145. The number of amides is 1. The summed E-state index contributed by atoms with van der Waals surface area (Å²) in [5, 5.41) is 4.76. The van der Waals surface area contributed by atoms with E-state index < -0.39 is 0 Å². The first-order valence-corrected chi connectivity index (χ1v) is 8.71. The lowest BCUT2D eigenvalue weighted by Gasteiger charge is -2.11. The smallest absolute Gasteiger partial charge is 0.257 e. The van der Waals surface area contributed by atoms with Crippen molar-refractivity contribution in [2.75, 3.05) is 32.1 Å². The van der Waals surface area contributed by atoms with Gasteiger partial charge in [0.2, 0.25) is 0 Å². The predicted octanol–water partition coefficient (Wildman–Crippen LogP) is 3.02. The second-order valence-corrected chi connectivity index (χ2v) is 6.56. The Kier molecular flexibility index (Phi) is 4.21. The van der Waals surface area contributed by atoms with Crippen molar-refractivity contribution < 1.29 is 9.53 Å². The quantitative estimate of drug-likeness (QED) is 0.788. The zero-order chi connectivity index (χ0) is 18.1. The number of benzene rings is 2. The highest BCUT2D eigenvalue weighted by Gasteiger charge is 2.17. The maximum atomic E-state index is 11.4. The van der Waals surface area contributed by atoms with Crippen LogP contribution in [0.3, 0.4) is 0 Å². The van der Waals surface area contributed by atoms with Crippen molar-refractivity contribution in [3.8, 4) is 16.9 Å². The fraction of sp³-hybridized carbons (Fsp3) is 0.238. The summed E-state index contributed by atoms with van der Waals surface area (Å²) >= 11 is 0. The van der Waals surface area contributed by atoms with Crippen LogP contribution in [0.15, 0.2) is 48.7 Å². The molecular formula is C21H21N3O2. The van der Waals surface area contributed by atoms with Crippen LogP contribution in [0.25, 0.3) is 21.9 Å². The first-order chi connectivity index (χ1) is 12.6. The molecule has 132 valence electrons.